The van der Waals surface area contributed by atoms with Crippen LogP contribution in [-0.4, -0.2) is 86.9 Å². The van der Waals surface area contributed by atoms with E-state index in [9.17, 15) is 18.5 Å². The molecule has 1 aromatic rings. The molecule has 1 N–H and O–H groups in total. The summed E-state index contributed by atoms with van der Waals surface area (Å²) in [5.41, 5.74) is 0.161. The Hall–Kier alpha value is -1.75. The smallest absolute Gasteiger partial charge is 0.293 e. The zero-order valence-corrected chi connectivity index (χ0v) is 18.0. The Morgan fingerprint density at radius 3 is 2.41 bits per heavy atom. The summed E-state index contributed by atoms with van der Waals surface area (Å²) in [5, 5.41) is 14.7. The molecule has 1 aromatic carbocycles. The van der Waals surface area contributed by atoms with Gasteiger partial charge in [-0.3, -0.25) is 10.1 Å². The van der Waals surface area contributed by atoms with Gasteiger partial charge in [0.15, 0.2) is 0 Å². The maximum Gasteiger partial charge on any atom is 0.293 e. The largest absolute Gasteiger partial charge is 0.379 e. The number of anilines is 1. The van der Waals surface area contributed by atoms with Crippen LogP contribution in [0.1, 0.15) is 19.8 Å². The highest BCUT2D eigenvalue weighted by molar-refractivity contribution is 7.89. The Kier molecular flexibility index (Phi) is 7.10. The first-order chi connectivity index (χ1) is 13.8. The van der Waals surface area contributed by atoms with E-state index >= 15 is 0 Å². The molecule has 2 saturated heterocycles. The fourth-order valence-electron chi connectivity index (χ4n) is 3.90. The maximum absolute atomic E-state index is 12.9. The van der Waals surface area contributed by atoms with E-state index in [-0.39, 0.29) is 10.6 Å². The van der Waals surface area contributed by atoms with Crippen molar-refractivity contribution in [3.8, 4) is 0 Å². The van der Waals surface area contributed by atoms with Crippen molar-refractivity contribution in [2.24, 2.45) is 5.92 Å². The van der Waals surface area contributed by atoms with Gasteiger partial charge in [-0.05, 0) is 51.0 Å². The van der Waals surface area contributed by atoms with E-state index in [4.69, 9.17) is 0 Å². The van der Waals surface area contributed by atoms with Crippen LogP contribution >= 0.6 is 0 Å². The minimum atomic E-state index is -3.74. The molecule has 0 amide bonds. The number of piperazine rings is 1. The molecule has 0 saturated carbocycles. The van der Waals surface area contributed by atoms with Crippen molar-refractivity contribution in [1.82, 2.24) is 14.1 Å². The van der Waals surface area contributed by atoms with Gasteiger partial charge < -0.3 is 15.1 Å². The van der Waals surface area contributed by atoms with E-state index in [2.05, 4.69) is 22.0 Å². The summed E-state index contributed by atoms with van der Waals surface area (Å²) in [5.74, 6) is 0.335. The van der Waals surface area contributed by atoms with E-state index < -0.39 is 14.9 Å². The van der Waals surface area contributed by atoms with Crippen LogP contribution < -0.4 is 5.32 Å². The molecular weight excluding hydrogens is 394 g/mol. The Balaban J connectivity index is 1.70. The molecule has 1 unspecified atom stereocenters. The van der Waals surface area contributed by atoms with Gasteiger partial charge in [-0.25, -0.2) is 8.42 Å². The SMILES string of the molecule is CC(CNc1ccc(S(=O)(=O)N2CCN(C)CC2)cc1[N+](=O)[O-])CN1CCCC1. The highest BCUT2D eigenvalue weighted by Gasteiger charge is 2.29. The zero-order chi connectivity index (χ0) is 21.0. The fourth-order valence-corrected chi connectivity index (χ4v) is 5.35. The van der Waals surface area contributed by atoms with Gasteiger partial charge in [0.25, 0.3) is 5.69 Å². The van der Waals surface area contributed by atoms with Crippen molar-refractivity contribution >= 4 is 21.4 Å². The standard InChI is InChI=1S/C19H31N5O4S/c1-16(15-22-7-3-4-8-22)14-20-18-6-5-17(13-19(18)24(25)26)29(27,28)23-11-9-21(2)10-12-23/h5-6,13,16,20H,3-4,7-12,14-15H2,1-2H3. The number of hydrogen-bond acceptors (Lipinski definition) is 7. The average molecular weight is 426 g/mol. The zero-order valence-electron chi connectivity index (χ0n) is 17.2. The number of sulfonamides is 1. The third-order valence-corrected chi connectivity index (χ3v) is 7.57. The summed E-state index contributed by atoms with van der Waals surface area (Å²) in [4.78, 5) is 15.5. The summed E-state index contributed by atoms with van der Waals surface area (Å²) in [6.45, 7) is 7.97. The molecule has 2 aliphatic heterocycles. The van der Waals surface area contributed by atoms with Gasteiger partial charge in [-0.1, -0.05) is 6.92 Å². The Morgan fingerprint density at radius 1 is 1.14 bits per heavy atom. The normalized spacial score (nSPS) is 20.6. The molecule has 9 nitrogen and oxygen atoms in total. The first-order valence-electron chi connectivity index (χ1n) is 10.2. The van der Waals surface area contributed by atoms with Crippen LogP contribution in [0.15, 0.2) is 23.1 Å². The number of likely N-dealkylation sites (tertiary alicyclic amines) is 1. The number of rotatable bonds is 8. The van der Waals surface area contributed by atoms with Crippen molar-refractivity contribution in [3.05, 3.63) is 28.3 Å². The van der Waals surface area contributed by atoms with Gasteiger partial charge in [0.2, 0.25) is 10.0 Å². The lowest BCUT2D eigenvalue weighted by atomic mass is 10.1. The van der Waals surface area contributed by atoms with Crippen molar-refractivity contribution in [3.63, 3.8) is 0 Å². The number of nitro benzene ring substituents is 1. The molecular formula is C19H31N5O4S. The second kappa shape index (κ2) is 9.38. The fraction of sp³-hybridized carbons (Fsp3) is 0.684. The minimum absolute atomic E-state index is 0.0237. The van der Waals surface area contributed by atoms with Crippen LogP contribution in [0, 0.1) is 16.0 Å². The molecule has 0 aliphatic carbocycles. The van der Waals surface area contributed by atoms with Crippen LogP contribution in [0.4, 0.5) is 11.4 Å². The minimum Gasteiger partial charge on any atom is -0.379 e. The van der Waals surface area contributed by atoms with Gasteiger partial charge in [0.05, 0.1) is 9.82 Å². The molecule has 0 bridgehead atoms. The summed E-state index contributed by atoms with van der Waals surface area (Å²) < 4.78 is 27.2. The molecule has 2 heterocycles. The number of nitro groups is 1. The van der Waals surface area contributed by atoms with Crippen LogP contribution in [0.25, 0.3) is 0 Å². The number of nitrogens with one attached hydrogen (secondary N) is 1. The number of hydrogen-bond donors (Lipinski definition) is 1. The summed E-state index contributed by atoms with van der Waals surface area (Å²) in [6, 6.07) is 4.17. The lowest BCUT2D eigenvalue weighted by molar-refractivity contribution is -0.384. The first-order valence-corrected chi connectivity index (χ1v) is 11.6. The quantitative estimate of drug-likeness (QED) is 0.500. The van der Waals surface area contributed by atoms with E-state index in [0.717, 1.165) is 19.6 Å². The van der Waals surface area contributed by atoms with Crippen molar-refractivity contribution in [1.29, 1.82) is 0 Å². The van der Waals surface area contributed by atoms with E-state index in [1.54, 1.807) is 0 Å². The molecule has 2 aliphatic rings. The molecule has 162 valence electrons. The molecule has 29 heavy (non-hydrogen) atoms. The Bertz CT molecular complexity index is 818. The molecule has 0 aromatic heterocycles. The average Bonchev–Trinajstić information content (AvgIpc) is 3.19. The monoisotopic (exact) mass is 425 g/mol. The molecule has 2 fully saturated rings. The van der Waals surface area contributed by atoms with Gasteiger partial charge in [0, 0.05) is 45.3 Å². The molecule has 0 spiro atoms. The van der Waals surface area contributed by atoms with E-state index in [1.165, 1.54) is 35.3 Å². The van der Waals surface area contributed by atoms with Crippen molar-refractivity contribution in [2.75, 3.05) is 64.7 Å². The summed E-state index contributed by atoms with van der Waals surface area (Å²) in [6.07, 6.45) is 2.46. The third-order valence-electron chi connectivity index (χ3n) is 5.68. The van der Waals surface area contributed by atoms with E-state index in [0.29, 0.717) is 44.3 Å². The number of nitrogens with zero attached hydrogens (tertiary/aromatic N) is 4. The summed E-state index contributed by atoms with van der Waals surface area (Å²) in [7, 11) is -1.79. The van der Waals surface area contributed by atoms with Gasteiger partial charge in [0.1, 0.15) is 5.69 Å². The second-order valence-electron chi connectivity index (χ2n) is 8.14. The lowest BCUT2D eigenvalue weighted by Gasteiger charge is -2.31. The second-order valence-corrected chi connectivity index (χ2v) is 10.1. The van der Waals surface area contributed by atoms with Crippen LogP contribution in [0.2, 0.25) is 0 Å². The molecule has 3 rings (SSSR count). The van der Waals surface area contributed by atoms with Crippen LogP contribution in [0.3, 0.4) is 0 Å². The third kappa shape index (κ3) is 5.44. The highest BCUT2D eigenvalue weighted by atomic mass is 32.2. The van der Waals surface area contributed by atoms with E-state index in [1.807, 2.05) is 7.05 Å². The van der Waals surface area contributed by atoms with Gasteiger partial charge >= 0.3 is 0 Å². The number of benzene rings is 1. The molecule has 10 heteroatoms. The number of likely N-dealkylation sites (N-methyl/N-ethyl adjacent to an activating group) is 1. The van der Waals surface area contributed by atoms with Crippen LogP contribution in [-0.2, 0) is 10.0 Å². The van der Waals surface area contributed by atoms with Crippen molar-refractivity contribution in [2.45, 2.75) is 24.7 Å². The van der Waals surface area contributed by atoms with Gasteiger partial charge in [-0.2, -0.15) is 4.31 Å². The van der Waals surface area contributed by atoms with Crippen molar-refractivity contribution < 1.29 is 13.3 Å². The van der Waals surface area contributed by atoms with Gasteiger partial charge in [-0.15, -0.1) is 0 Å². The lowest BCUT2D eigenvalue weighted by Crippen LogP contribution is -2.47. The Morgan fingerprint density at radius 2 is 1.79 bits per heavy atom. The highest BCUT2D eigenvalue weighted by Crippen LogP contribution is 2.29. The molecule has 1 atom stereocenters. The van der Waals surface area contributed by atoms with Crippen LogP contribution in [0.5, 0.6) is 0 Å². The Labute approximate surface area is 172 Å². The summed E-state index contributed by atoms with van der Waals surface area (Å²) >= 11 is 0. The topological polar surface area (TPSA) is 99.0 Å². The first kappa shape index (κ1) is 21.9. The predicted molar refractivity (Wildman–Crippen MR) is 113 cm³/mol. The maximum atomic E-state index is 12.9. The predicted octanol–water partition coefficient (Wildman–Crippen LogP) is 1.67. The molecule has 0 radical (unpaired) electrons.